The standard InChI is InChI=1S/C33H34Cl2F3N7O4/c1-2-49-30-25(19-39-31(41-30)33(36,37)38)29-40-27(21-3-7-23(34)8-4-21)28(22-5-9-24(35)10-6-22)45(29)32(47)44-13-11-42(12-14-44)20-26(46)43-15-17-48-18-16-43/h3-10,19,27-28H,2,11-18,20H2,1H3. The fourth-order valence-electron chi connectivity index (χ4n) is 6.11. The number of ether oxygens (including phenoxy) is 2. The molecule has 16 heteroatoms. The number of aliphatic imine (C=N–C) groups is 1. The number of rotatable bonds is 7. The average Bonchev–Trinajstić information content (AvgIpc) is 3.49. The number of benzene rings is 2. The van der Waals surface area contributed by atoms with Crippen LogP contribution in [-0.4, -0.2) is 113 Å². The van der Waals surface area contributed by atoms with Gasteiger partial charge in [0.05, 0.1) is 38.0 Å². The molecule has 3 aromatic rings. The number of amides is 3. The number of piperazine rings is 1. The number of hydrogen-bond acceptors (Lipinski definition) is 8. The molecule has 6 rings (SSSR count). The van der Waals surface area contributed by atoms with Crippen LogP contribution in [0, 0.1) is 0 Å². The van der Waals surface area contributed by atoms with E-state index in [0.717, 1.165) is 11.8 Å². The van der Waals surface area contributed by atoms with Crippen LogP contribution in [0.1, 0.15) is 41.5 Å². The highest BCUT2D eigenvalue weighted by Gasteiger charge is 2.46. The van der Waals surface area contributed by atoms with Gasteiger partial charge in [-0.1, -0.05) is 47.5 Å². The molecule has 0 aliphatic carbocycles. The molecule has 2 unspecified atom stereocenters. The van der Waals surface area contributed by atoms with E-state index >= 15 is 0 Å². The van der Waals surface area contributed by atoms with Gasteiger partial charge in [0, 0.05) is 55.5 Å². The third-order valence-corrected chi connectivity index (χ3v) is 9.09. The molecule has 0 saturated carbocycles. The third kappa shape index (κ3) is 7.77. The lowest BCUT2D eigenvalue weighted by atomic mass is 9.94. The van der Waals surface area contributed by atoms with Crippen LogP contribution >= 0.6 is 23.2 Å². The maximum Gasteiger partial charge on any atom is 0.451 e. The van der Waals surface area contributed by atoms with Gasteiger partial charge >= 0.3 is 12.2 Å². The molecule has 11 nitrogen and oxygen atoms in total. The average molecular weight is 721 g/mol. The van der Waals surface area contributed by atoms with E-state index in [0.29, 0.717) is 68.1 Å². The Morgan fingerprint density at radius 3 is 2.10 bits per heavy atom. The SMILES string of the molecule is CCOc1nc(C(F)(F)F)ncc1C1=NC(c2ccc(Cl)cc2)C(c2ccc(Cl)cc2)N1C(=O)N1CCN(CC(=O)N2CCOCC2)CC1. The molecule has 49 heavy (non-hydrogen) atoms. The summed E-state index contributed by atoms with van der Waals surface area (Å²) in [5.74, 6) is -1.65. The number of halogens is 5. The summed E-state index contributed by atoms with van der Waals surface area (Å²) in [5, 5.41) is 0.989. The summed E-state index contributed by atoms with van der Waals surface area (Å²) in [6.07, 6.45) is -3.82. The van der Waals surface area contributed by atoms with Crippen molar-refractivity contribution in [2.45, 2.75) is 25.2 Å². The van der Waals surface area contributed by atoms with Crippen molar-refractivity contribution >= 4 is 41.0 Å². The van der Waals surface area contributed by atoms with Crippen molar-refractivity contribution in [3.05, 3.63) is 87.3 Å². The molecule has 2 aromatic carbocycles. The molecule has 0 N–H and O–H groups in total. The van der Waals surface area contributed by atoms with Crippen molar-refractivity contribution in [2.24, 2.45) is 4.99 Å². The zero-order valence-electron chi connectivity index (χ0n) is 26.6. The molecule has 2 fully saturated rings. The first-order chi connectivity index (χ1) is 23.5. The summed E-state index contributed by atoms with van der Waals surface area (Å²) in [7, 11) is 0. The molecule has 1 aromatic heterocycles. The van der Waals surface area contributed by atoms with E-state index in [9.17, 15) is 22.8 Å². The van der Waals surface area contributed by atoms with Gasteiger partial charge in [-0.2, -0.15) is 18.2 Å². The van der Waals surface area contributed by atoms with Crippen LogP contribution in [0.3, 0.4) is 0 Å². The van der Waals surface area contributed by atoms with Crippen molar-refractivity contribution in [1.29, 1.82) is 0 Å². The van der Waals surface area contributed by atoms with Crippen molar-refractivity contribution in [2.75, 3.05) is 65.6 Å². The predicted molar refractivity (Wildman–Crippen MR) is 176 cm³/mol. The molecule has 3 amide bonds. The van der Waals surface area contributed by atoms with Crippen LogP contribution in [0.25, 0.3) is 0 Å². The number of carbonyl (C=O) groups excluding carboxylic acids is 2. The smallest absolute Gasteiger partial charge is 0.451 e. The second-order valence-electron chi connectivity index (χ2n) is 11.7. The van der Waals surface area contributed by atoms with Crippen LogP contribution in [0.5, 0.6) is 5.88 Å². The van der Waals surface area contributed by atoms with E-state index in [1.165, 1.54) is 4.90 Å². The van der Waals surface area contributed by atoms with E-state index in [4.69, 9.17) is 37.7 Å². The number of nitrogens with zero attached hydrogens (tertiary/aromatic N) is 7. The summed E-state index contributed by atoms with van der Waals surface area (Å²) < 4.78 is 52.0. The topological polar surface area (TPSA) is 104 Å². The Balaban J connectivity index is 1.37. The van der Waals surface area contributed by atoms with Gasteiger partial charge in [0.15, 0.2) is 0 Å². The van der Waals surface area contributed by atoms with Gasteiger partial charge in [-0.15, -0.1) is 0 Å². The predicted octanol–water partition coefficient (Wildman–Crippen LogP) is 5.34. The summed E-state index contributed by atoms with van der Waals surface area (Å²) in [4.78, 5) is 46.8. The van der Waals surface area contributed by atoms with Crippen molar-refractivity contribution in [3.63, 3.8) is 0 Å². The number of morpholine rings is 1. The van der Waals surface area contributed by atoms with Gasteiger partial charge in [-0.25, -0.2) is 9.78 Å². The first kappa shape index (κ1) is 34.9. The van der Waals surface area contributed by atoms with Crippen LogP contribution < -0.4 is 4.74 Å². The zero-order chi connectivity index (χ0) is 34.7. The van der Waals surface area contributed by atoms with E-state index in [1.54, 1.807) is 65.3 Å². The van der Waals surface area contributed by atoms with Gasteiger partial charge in [-0.05, 0) is 42.3 Å². The maximum atomic E-state index is 14.7. The fourth-order valence-corrected chi connectivity index (χ4v) is 6.36. The summed E-state index contributed by atoms with van der Waals surface area (Å²) in [6, 6.07) is 12.1. The van der Waals surface area contributed by atoms with E-state index in [2.05, 4.69) is 9.97 Å². The van der Waals surface area contributed by atoms with Crippen molar-refractivity contribution in [1.82, 2.24) is 29.6 Å². The largest absolute Gasteiger partial charge is 0.477 e. The molecule has 0 radical (unpaired) electrons. The number of alkyl halides is 3. The second-order valence-corrected chi connectivity index (χ2v) is 12.6. The molecule has 2 saturated heterocycles. The number of urea groups is 1. The van der Waals surface area contributed by atoms with Crippen LogP contribution in [-0.2, 0) is 15.7 Å². The molecule has 2 atom stereocenters. The Hall–Kier alpha value is -3.98. The molecule has 0 bridgehead atoms. The van der Waals surface area contributed by atoms with Crippen molar-refractivity contribution in [3.8, 4) is 5.88 Å². The Bertz CT molecular complexity index is 1680. The molecule has 4 heterocycles. The minimum atomic E-state index is -4.82. The lowest BCUT2D eigenvalue weighted by Gasteiger charge is -2.39. The molecular formula is C33H34Cl2F3N7O4. The molecular weight excluding hydrogens is 686 g/mol. The van der Waals surface area contributed by atoms with Crippen LogP contribution in [0.4, 0.5) is 18.0 Å². The van der Waals surface area contributed by atoms with E-state index in [1.807, 2.05) is 4.90 Å². The monoisotopic (exact) mass is 719 g/mol. The first-order valence-electron chi connectivity index (χ1n) is 15.9. The molecule has 0 spiro atoms. The Morgan fingerprint density at radius 1 is 0.898 bits per heavy atom. The minimum absolute atomic E-state index is 0.00882. The Labute approximate surface area is 291 Å². The fraction of sp³-hybridized carbons (Fsp3) is 0.424. The molecule has 260 valence electrons. The van der Waals surface area contributed by atoms with Gasteiger partial charge < -0.3 is 19.3 Å². The van der Waals surface area contributed by atoms with Gasteiger partial charge in [0.2, 0.25) is 17.6 Å². The number of aromatic nitrogens is 2. The van der Waals surface area contributed by atoms with Gasteiger partial charge in [0.1, 0.15) is 11.9 Å². The molecule has 3 aliphatic heterocycles. The van der Waals surface area contributed by atoms with Crippen molar-refractivity contribution < 1.29 is 32.2 Å². The second kappa shape index (κ2) is 14.9. The number of amidine groups is 1. The maximum absolute atomic E-state index is 14.7. The highest BCUT2D eigenvalue weighted by molar-refractivity contribution is 6.30. The normalized spacial score (nSPS) is 20.4. The Kier molecular flexibility index (Phi) is 10.6. The lowest BCUT2D eigenvalue weighted by Crippen LogP contribution is -2.56. The molecule has 3 aliphatic rings. The Morgan fingerprint density at radius 2 is 1.51 bits per heavy atom. The van der Waals surface area contributed by atoms with Crippen LogP contribution in [0.2, 0.25) is 10.0 Å². The number of hydrogen-bond donors (Lipinski definition) is 0. The van der Waals surface area contributed by atoms with Gasteiger partial charge in [-0.3, -0.25) is 19.6 Å². The first-order valence-corrected chi connectivity index (χ1v) is 16.6. The highest BCUT2D eigenvalue weighted by atomic mass is 35.5. The zero-order valence-corrected chi connectivity index (χ0v) is 28.1. The third-order valence-electron chi connectivity index (χ3n) is 8.59. The van der Waals surface area contributed by atoms with Crippen LogP contribution in [0.15, 0.2) is 59.7 Å². The number of carbonyl (C=O) groups is 2. The summed E-state index contributed by atoms with van der Waals surface area (Å²) >= 11 is 12.5. The summed E-state index contributed by atoms with van der Waals surface area (Å²) in [5.41, 5.74) is 1.44. The highest BCUT2D eigenvalue weighted by Crippen LogP contribution is 2.45. The van der Waals surface area contributed by atoms with E-state index < -0.39 is 30.1 Å². The van der Waals surface area contributed by atoms with Gasteiger partial charge in [0.25, 0.3) is 0 Å². The summed E-state index contributed by atoms with van der Waals surface area (Å²) in [6.45, 7) is 5.47. The lowest BCUT2D eigenvalue weighted by molar-refractivity contribution is -0.145. The van der Waals surface area contributed by atoms with E-state index in [-0.39, 0.29) is 36.3 Å². The quantitative estimate of drug-likeness (QED) is 0.325. The minimum Gasteiger partial charge on any atom is -0.477 e.